The van der Waals surface area contributed by atoms with Crippen LogP contribution in [0.5, 0.6) is 5.75 Å². The van der Waals surface area contributed by atoms with Crippen LogP contribution < -0.4 is 14.5 Å². The Morgan fingerprint density at radius 2 is 1.84 bits per heavy atom. The van der Waals surface area contributed by atoms with Crippen LogP contribution in [-0.4, -0.2) is 34.3 Å². The van der Waals surface area contributed by atoms with E-state index in [-0.39, 0.29) is 0 Å². The van der Waals surface area contributed by atoms with Gasteiger partial charge in [0.15, 0.2) is 0 Å². The van der Waals surface area contributed by atoms with Gasteiger partial charge in [0, 0.05) is 24.2 Å². The number of ether oxygens (including phenoxy) is 1. The topological polar surface area (TPSA) is 38.3 Å². The van der Waals surface area contributed by atoms with Gasteiger partial charge in [-0.1, -0.05) is 13.8 Å². The summed E-state index contributed by atoms with van der Waals surface area (Å²) in [4.78, 5) is 11.4. The van der Waals surface area contributed by atoms with E-state index in [4.69, 9.17) is 4.74 Å². The normalized spacial score (nSPS) is 11.6. The lowest BCUT2D eigenvalue weighted by Crippen LogP contribution is -2.35. The van der Waals surface area contributed by atoms with Gasteiger partial charge in [0.25, 0.3) is 0 Å². The molecule has 0 unspecified atom stereocenters. The van der Waals surface area contributed by atoms with Crippen LogP contribution in [0.4, 0.5) is 10.5 Å². The second-order valence-electron chi connectivity index (χ2n) is 5.98. The number of carbonyl (C=O) groups is 1. The first-order chi connectivity index (χ1) is 8.66. The number of quaternary nitrogens is 1. The van der Waals surface area contributed by atoms with E-state index in [0.717, 1.165) is 15.6 Å². The van der Waals surface area contributed by atoms with Crippen molar-refractivity contribution in [1.82, 2.24) is 9.80 Å². The van der Waals surface area contributed by atoms with Gasteiger partial charge in [0.1, 0.15) is 11.4 Å². The fourth-order valence-electron chi connectivity index (χ4n) is 2.10. The Labute approximate surface area is 116 Å². The zero-order valence-electron chi connectivity index (χ0n) is 13.0. The van der Waals surface area contributed by atoms with Crippen molar-refractivity contribution in [1.29, 1.82) is 0 Å². The van der Waals surface area contributed by atoms with Crippen LogP contribution in [0.15, 0.2) is 12.1 Å². The molecule has 0 aliphatic rings. The Morgan fingerprint density at radius 1 is 1.26 bits per heavy atom. The molecule has 0 spiro atoms. The van der Waals surface area contributed by atoms with Gasteiger partial charge in [-0.05, 0) is 18.9 Å². The average molecular weight is 265 g/mol. The molecular weight excluding hydrogens is 240 g/mol. The van der Waals surface area contributed by atoms with Gasteiger partial charge in [0.05, 0.1) is 21.1 Å². The highest BCUT2D eigenvalue weighted by Crippen LogP contribution is 2.34. The molecule has 106 valence electrons. The number of hydrogen-bond donors (Lipinski definition) is 1. The molecule has 1 aromatic rings. The number of carbonyl (C=O) groups excluding carboxylic acids is 1. The summed E-state index contributed by atoms with van der Waals surface area (Å²) in [6.07, 6.45) is -0.431. The first-order valence-electron chi connectivity index (χ1n) is 6.53. The molecule has 0 aliphatic carbocycles. The largest absolute Gasteiger partial charge is 0.412 e. The lowest BCUT2D eigenvalue weighted by atomic mass is 9.98. The number of benzene rings is 1. The molecule has 1 amide bonds. The van der Waals surface area contributed by atoms with Gasteiger partial charge in [-0.3, -0.25) is 4.48 Å². The van der Waals surface area contributed by atoms with E-state index in [2.05, 4.69) is 46.4 Å². The van der Waals surface area contributed by atoms with E-state index < -0.39 is 6.09 Å². The van der Waals surface area contributed by atoms with Crippen molar-refractivity contribution in [3.63, 3.8) is 0 Å². The number of amides is 1. The van der Waals surface area contributed by atoms with Gasteiger partial charge in [0.2, 0.25) is 0 Å². The summed E-state index contributed by atoms with van der Waals surface area (Å²) >= 11 is 0. The van der Waals surface area contributed by atoms with Crippen molar-refractivity contribution in [2.24, 2.45) is 0 Å². The zero-order chi connectivity index (χ0) is 14.8. The Balaban J connectivity index is 3.33. The highest BCUT2D eigenvalue weighted by Gasteiger charge is 2.21. The van der Waals surface area contributed by atoms with Crippen LogP contribution in [0.1, 0.15) is 30.9 Å². The van der Waals surface area contributed by atoms with Gasteiger partial charge >= 0.3 is 6.09 Å². The Morgan fingerprint density at radius 3 is 2.26 bits per heavy atom. The first-order valence-corrected chi connectivity index (χ1v) is 6.53. The molecule has 0 aliphatic heterocycles. The second kappa shape index (κ2) is 5.61. The molecule has 0 radical (unpaired) electrons. The fraction of sp³-hybridized carbons (Fsp3) is 0.533. The molecule has 0 saturated heterocycles. The van der Waals surface area contributed by atoms with Crippen LogP contribution in [-0.2, 0) is 0 Å². The molecule has 1 rings (SSSR count). The standard InChI is InChI=1S/C15H24N2O2/c1-10(2)12-9-13(17(5,6)7)11(3)8-14(12)19-15(18)16-4/h8-10H,1-7H3/p+1. The van der Waals surface area contributed by atoms with Gasteiger partial charge < -0.3 is 10.1 Å². The minimum Gasteiger partial charge on any atom is -0.410 e. The van der Waals surface area contributed by atoms with E-state index >= 15 is 0 Å². The van der Waals surface area contributed by atoms with E-state index in [1.165, 1.54) is 5.69 Å². The molecule has 1 N–H and O–H groups in total. The smallest absolute Gasteiger partial charge is 0.410 e. The Kier molecular flexibility index (Phi) is 4.58. The van der Waals surface area contributed by atoms with Crippen molar-refractivity contribution in [3.8, 4) is 5.75 Å². The number of nitrogens with one attached hydrogen (secondary N) is 1. The molecule has 0 saturated carbocycles. The number of hydrogen-bond acceptors (Lipinski definition) is 2. The Bertz CT molecular complexity index is 474. The predicted molar refractivity (Wildman–Crippen MR) is 79.9 cm³/mol. The zero-order valence-corrected chi connectivity index (χ0v) is 13.0. The van der Waals surface area contributed by atoms with Crippen molar-refractivity contribution in [2.75, 3.05) is 28.2 Å². The molecular formula is C15H25N2O2+. The Hall–Kier alpha value is -1.55. The van der Waals surface area contributed by atoms with Crippen molar-refractivity contribution < 1.29 is 9.53 Å². The third-order valence-electron chi connectivity index (χ3n) is 3.08. The minimum atomic E-state index is -0.431. The fourth-order valence-corrected chi connectivity index (χ4v) is 2.10. The molecule has 0 atom stereocenters. The number of nitrogens with zero attached hydrogens (tertiary/aromatic N) is 1. The maximum Gasteiger partial charge on any atom is 0.412 e. The van der Waals surface area contributed by atoms with Crippen LogP contribution in [0.3, 0.4) is 0 Å². The molecule has 4 heteroatoms. The SMILES string of the molecule is CNC(=O)Oc1cc(C)c([N+](C)(C)C)cc1C(C)C. The predicted octanol–water partition coefficient (Wildman–Crippen LogP) is 3.03. The minimum absolute atomic E-state index is 0.297. The highest BCUT2D eigenvalue weighted by molar-refractivity contribution is 5.71. The highest BCUT2D eigenvalue weighted by atomic mass is 16.6. The summed E-state index contributed by atoms with van der Waals surface area (Å²) < 4.78 is 6.09. The molecule has 0 heterocycles. The summed E-state index contributed by atoms with van der Waals surface area (Å²) in [7, 11) is 7.95. The maximum absolute atomic E-state index is 11.4. The van der Waals surface area contributed by atoms with Crippen LogP contribution in [0.25, 0.3) is 0 Å². The van der Waals surface area contributed by atoms with Gasteiger partial charge in [-0.15, -0.1) is 0 Å². The number of rotatable bonds is 3. The van der Waals surface area contributed by atoms with Crippen molar-refractivity contribution >= 4 is 11.8 Å². The molecule has 0 fully saturated rings. The van der Waals surface area contributed by atoms with Crippen LogP contribution >= 0.6 is 0 Å². The average Bonchev–Trinajstić information content (AvgIpc) is 2.26. The van der Waals surface area contributed by atoms with E-state index in [0.29, 0.717) is 11.7 Å². The van der Waals surface area contributed by atoms with Crippen LogP contribution in [0.2, 0.25) is 0 Å². The number of aryl methyl sites for hydroxylation is 1. The van der Waals surface area contributed by atoms with Crippen molar-refractivity contribution in [2.45, 2.75) is 26.7 Å². The third-order valence-corrected chi connectivity index (χ3v) is 3.08. The van der Waals surface area contributed by atoms with Crippen molar-refractivity contribution in [3.05, 3.63) is 23.3 Å². The summed E-state index contributed by atoms with van der Waals surface area (Å²) in [5.74, 6) is 0.939. The van der Waals surface area contributed by atoms with Crippen LogP contribution in [0, 0.1) is 6.92 Å². The monoisotopic (exact) mass is 265 g/mol. The summed E-state index contributed by atoms with van der Waals surface area (Å²) in [5.41, 5.74) is 3.40. The van der Waals surface area contributed by atoms with E-state index in [9.17, 15) is 4.79 Å². The summed E-state index contributed by atoms with van der Waals surface area (Å²) in [6, 6.07) is 4.08. The second-order valence-corrected chi connectivity index (χ2v) is 5.98. The van der Waals surface area contributed by atoms with Gasteiger partial charge in [-0.25, -0.2) is 4.79 Å². The lowest BCUT2D eigenvalue weighted by Gasteiger charge is -2.27. The quantitative estimate of drug-likeness (QED) is 0.853. The maximum atomic E-state index is 11.4. The summed E-state index contributed by atoms with van der Waals surface area (Å²) in [5, 5.41) is 2.48. The molecule has 1 aromatic carbocycles. The van der Waals surface area contributed by atoms with E-state index in [1.54, 1.807) is 7.05 Å². The first kappa shape index (κ1) is 15.5. The molecule has 0 aromatic heterocycles. The molecule has 19 heavy (non-hydrogen) atoms. The third kappa shape index (κ3) is 3.70. The van der Waals surface area contributed by atoms with Gasteiger partial charge in [-0.2, -0.15) is 0 Å². The van der Waals surface area contributed by atoms with E-state index in [1.807, 2.05) is 13.0 Å². The lowest BCUT2D eigenvalue weighted by molar-refractivity contribution is 0.202. The molecule has 0 bridgehead atoms. The molecule has 4 nitrogen and oxygen atoms in total. The summed E-state index contributed by atoms with van der Waals surface area (Å²) in [6.45, 7) is 6.24.